The van der Waals surface area contributed by atoms with Crippen LogP contribution in [0.25, 0.3) is 0 Å². The Morgan fingerprint density at radius 1 is 1.25 bits per heavy atom. The largest absolute Gasteiger partial charge is 0.355 e. The third kappa shape index (κ3) is 3.78. The van der Waals surface area contributed by atoms with E-state index in [4.69, 9.17) is 0 Å². The molecule has 0 saturated heterocycles. The molecule has 0 aromatic carbocycles. The highest BCUT2D eigenvalue weighted by Gasteiger charge is 2.23. The number of nitrogens with one attached hydrogen (secondary N) is 2. The fourth-order valence-corrected chi connectivity index (χ4v) is 2.52. The van der Waals surface area contributed by atoms with Crippen molar-refractivity contribution in [1.82, 2.24) is 10.6 Å². The van der Waals surface area contributed by atoms with E-state index in [1.807, 2.05) is 0 Å². The van der Waals surface area contributed by atoms with E-state index in [0.29, 0.717) is 12.6 Å². The van der Waals surface area contributed by atoms with E-state index in [1.165, 1.54) is 38.5 Å². The van der Waals surface area contributed by atoms with Gasteiger partial charge in [-0.15, -0.1) is 0 Å². The van der Waals surface area contributed by atoms with Gasteiger partial charge < -0.3 is 10.6 Å². The summed E-state index contributed by atoms with van der Waals surface area (Å²) in [6, 6.07) is 0.495. The maximum Gasteiger partial charge on any atom is 0.233 e. The summed E-state index contributed by atoms with van der Waals surface area (Å²) in [7, 11) is 0. The molecule has 1 atom stereocenters. The van der Waals surface area contributed by atoms with Gasteiger partial charge in [0.25, 0.3) is 0 Å². The molecule has 2 aliphatic carbocycles. The highest BCUT2D eigenvalue weighted by atomic mass is 16.1. The summed E-state index contributed by atoms with van der Waals surface area (Å²) in [5.74, 6) is 1.73. The number of carbonyl (C=O) groups is 1. The Morgan fingerprint density at radius 2 is 1.94 bits per heavy atom. The Bertz CT molecular complexity index is 232. The zero-order chi connectivity index (χ0) is 11.4. The molecule has 16 heavy (non-hydrogen) atoms. The van der Waals surface area contributed by atoms with Gasteiger partial charge in [-0.1, -0.05) is 12.8 Å². The van der Waals surface area contributed by atoms with E-state index in [1.54, 1.807) is 0 Å². The highest BCUT2D eigenvalue weighted by Crippen LogP contribution is 2.28. The first kappa shape index (κ1) is 11.9. The second-order valence-electron chi connectivity index (χ2n) is 5.46. The molecule has 3 heteroatoms. The van der Waals surface area contributed by atoms with Gasteiger partial charge in [-0.05, 0) is 44.4 Å². The van der Waals surface area contributed by atoms with Crippen LogP contribution in [0.5, 0.6) is 0 Å². The molecule has 2 rings (SSSR count). The van der Waals surface area contributed by atoms with Crippen LogP contribution in [-0.2, 0) is 4.79 Å². The molecule has 0 aromatic heterocycles. The van der Waals surface area contributed by atoms with Gasteiger partial charge in [-0.2, -0.15) is 0 Å². The number of rotatable bonds is 6. The third-order valence-electron chi connectivity index (χ3n) is 3.98. The van der Waals surface area contributed by atoms with Gasteiger partial charge in [0.15, 0.2) is 0 Å². The van der Waals surface area contributed by atoms with Gasteiger partial charge >= 0.3 is 0 Å². The summed E-state index contributed by atoms with van der Waals surface area (Å²) >= 11 is 0. The van der Waals surface area contributed by atoms with Crippen LogP contribution in [0.3, 0.4) is 0 Å². The van der Waals surface area contributed by atoms with Crippen LogP contribution in [0.4, 0.5) is 0 Å². The van der Waals surface area contributed by atoms with Crippen LogP contribution in [0, 0.1) is 11.8 Å². The second kappa shape index (κ2) is 5.67. The molecular formula is C13H24N2O. The van der Waals surface area contributed by atoms with E-state index in [0.717, 1.165) is 18.4 Å². The molecule has 0 aliphatic heterocycles. The molecular weight excluding hydrogens is 200 g/mol. The SMILES string of the molecule is C[C@@H](NCC(=O)NCC1CC1)C1CCCC1. The van der Waals surface area contributed by atoms with E-state index in [2.05, 4.69) is 17.6 Å². The molecule has 2 N–H and O–H groups in total. The first-order chi connectivity index (χ1) is 7.75. The summed E-state index contributed by atoms with van der Waals surface area (Å²) in [6.45, 7) is 3.59. The minimum absolute atomic E-state index is 0.164. The topological polar surface area (TPSA) is 41.1 Å². The molecule has 0 radical (unpaired) electrons. The molecule has 0 heterocycles. The minimum Gasteiger partial charge on any atom is -0.355 e. The predicted octanol–water partition coefficient (Wildman–Crippen LogP) is 1.68. The van der Waals surface area contributed by atoms with Gasteiger partial charge in [-0.25, -0.2) is 0 Å². The number of hydrogen-bond donors (Lipinski definition) is 2. The fraction of sp³-hybridized carbons (Fsp3) is 0.923. The monoisotopic (exact) mass is 224 g/mol. The van der Waals surface area contributed by atoms with Crippen molar-refractivity contribution >= 4 is 5.91 Å². The lowest BCUT2D eigenvalue weighted by Crippen LogP contribution is -2.41. The summed E-state index contributed by atoms with van der Waals surface area (Å²) in [6.07, 6.45) is 7.99. The molecule has 2 fully saturated rings. The van der Waals surface area contributed by atoms with Crippen LogP contribution in [0.2, 0.25) is 0 Å². The molecule has 0 unspecified atom stereocenters. The van der Waals surface area contributed by atoms with Crippen molar-refractivity contribution in [3.8, 4) is 0 Å². The Kier molecular flexibility index (Phi) is 4.22. The van der Waals surface area contributed by atoms with Crippen molar-refractivity contribution in [2.45, 2.75) is 51.5 Å². The molecule has 1 amide bonds. The summed E-state index contributed by atoms with van der Waals surface area (Å²) in [5, 5.41) is 6.35. The average Bonchev–Trinajstić information content (AvgIpc) is 2.95. The van der Waals surface area contributed by atoms with Gasteiger partial charge in [0, 0.05) is 12.6 Å². The van der Waals surface area contributed by atoms with Crippen molar-refractivity contribution in [3.63, 3.8) is 0 Å². The van der Waals surface area contributed by atoms with Crippen LogP contribution in [0.15, 0.2) is 0 Å². The Labute approximate surface area is 98.4 Å². The minimum atomic E-state index is 0.164. The lowest BCUT2D eigenvalue weighted by Gasteiger charge is -2.20. The van der Waals surface area contributed by atoms with E-state index in [9.17, 15) is 4.79 Å². The molecule has 2 saturated carbocycles. The first-order valence-electron chi connectivity index (χ1n) is 6.76. The van der Waals surface area contributed by atoms with Crippen molar-refractivity contribution in [3.05, 3.63) is 0 Å². The summed E-state index contributed by atoms with van der Waals surface area (Å²) in [5.41, 5.74) is 0. The molecule has 0 spiro atoms. The lowest BCUT2D eigenvalue weighted by molar-refractivity contribution is -0.120. The molecule has 2 aliphatic rings. The zero-order valence-corrected chi connectivity index (χ0v) is 10.3. The fourth-order valence-electron chi connectivity index (χ4n) is 2.52. The van der Waals surface area contributed by atoms with Crippen LogP contribution < -0.4 is 10.6 Å². The first-order valence-corrected chi connectivity index (χ1v) is 6.76. The summed E-state index contributed by atoms with van der Waals surface area (Å²) < 4.78 is 0. The van der Waals surface area contributed by atoms with Crippen molar-refractivity contribution in [2.24, 2.45) is 11.8 Å². The lowest BCUT2D eigenvalue weighted by atomic mass is 10.00. The quantitative estimate of drug-likeness (QED) is 0.721. The third-order valence-corrected chi connectivity index (χ3v) is 3.98. The molecule has 92 valence electrons. The van der Waals surface area contributed by atoms with Gasteiger partial charge in [-0.3, -0.25) is 4.79 Å². The van der Waals surface area contributed by atoms with E-state index in [-0.39, 0.29) is 5.91 Å². The maximum atomic E-state index is 11.5. The van der Waals surface area contributed by atoms with Crippen molar-refractivity contribution in [2.75, 3.05) is 13.1 Å². The van der Waals surface area contributed by atoms with Gasteiger partial charge in [0.1, 0.15) is 0 Å². The van der Waals surface area contributed by atoms with E-state index < -0.39 is 0 Å². The number of carbonyl (C=O) groups excluding carboxylic acids is 1. The summed E-state index contributed by atoms with van der Waals surface area (Å²) in [4.78, 5) is 11.5. The van der Waals surface area contributed by atoms with Gasteiger partial charge in [0.2, 0.25) is 5.91 Å². The van der Waals surface area contributed by atoms with Gasteiger partial charge in [0.05, 0.1) is 6.54 Å². The zero-order valence-electron chi connectivity index (χ0n) is 10.3. The average molecular weight is 224 g/mol. The highest BCUT2D eigenvalue weighted by molar-refractivity contribution is 5.78. The van der Waals surface area contributed by atoms with Crippen LogP contribution in [-0.4, -0.2) is 25.0 Å². The molecule has 0 aromatic rings. The second-order valence-corrected chi connectivity index (χ2v) is 5.46. The Balaban J connectivity index is 1.55. The van der Waals surface area contributed by atoms with Crippen molar-refractivity contribution in [1.29, 1.82) is 0 Å². The maximum absolute atomic E-state index is 11.5. The standard InChI is InChI=1S/C13H24N2O/c1-10(12-4-2-3-5-12)14-9-13(16)15-8-11-6-7-11/h10-12,14H,2-9H2,1H3,(H,15,16)/t10-/m1/s1. The number of hydrogen-bond acceptors (Lipinski definition) is 2. The Hall–Kier alpha value is -0.570. The normalized spacial score (nSPS) is 23.3. The van der Waals surface area contributed by atoms with Crippen LogP contribution >= 0.6 is 0 Å². The smallest absolute Gasteiger partial charge is 0.233 e. The molecule has 3 nitrogen and oxygen atoms in total. The van der Waals surface area contributed by atoms with Crippen molar-refractivity contribution < 1.29 is 4.79 Å². The van der Waals surface area contributed by atoms with Crippen LogP contribution in [0.1, 0.15) is 45.4 Å². The van der Waals surface area contributed by atoms with E-state index >= 15 is 0 Å². The number of amides is 1. The predicted molar refractivity (Wildman–Crippen MR) is 65.2 cm³/mol. The molecule has 0 bridgehead atoms. The Morgan fingerprint density at radius 3 is 2.56 bits per heavy atom.